The number of unbranched alkanes of at least 4 members (excludes halogenated alkanes) is 3. The van der Waals surface area contributed by atoms with Gasteiger partial charge in [0.2, 0.25) is 0 Å². The third-order valence-electron chi connectivity index (χ3n) is 2.11. The minimum atomic E-state index is -0.293. The summed E-state index contributed by atoms with van der Waals surface area (Å²) in [5.41, 5.74) is 0. The molecule has 1 heterocycles. The van der Waals surface area contributed by atoms with Crippen molar-refractivity contribution in [3.05, 3.63) is 24.1 Å². The molecule has 0 bridgehead atoms. The lowest BCUT2D eigenvalue weighted by Crippen LogP contribution is -2.04. The summed E-state index contributed by atoms with van der Waals surface area (Å²) in [4.78, 5) is 3.91. The Hall–Kier alpha value is -0.830. The number of aromatic nitrogens is 1. The van der Waals surface area contributed by atoms with Gasteiger partial charge in [0, 0.05) is 18.6 Å². The van der Waals surface area contributed by atoms with Gasteiger partial charge >= 0.3 is 0 Å². The number of halogens is 2. The highest BCUT2D eigenvalue weighted by Gasteiger charge is 1.99. The highest BCUT2D eigenvalue weighted by molar-refractivity contribution is 6.17. The third kappa shape index (κ3) is 4.98. The summed E-state index contributed by atoms with van der Waals surface area (Å²) >= 11 is 5.56. The fourth-order valence-corrected chi connectivity index (χ4v) is 1.48. The van der Waals surface area contributed by atoms with Gasteiger partial charge in [0.1, 0.15) is 0 Å². The van der Waals surface area contributed by atoms with Crippen LogP contribution in [-0.4, -0.2) is 17.4 Å². The van der Waals surface area contributed by atoms with Crippen molar-refractivity contribution in [2.45, 2.75) is 25.7 Å². The summed E-state index contributed by atoms with van der Waals surface area (Å²) in [5, 5.41) is 2.97. The van der Waals surface area contributed by atoms with Crippen LogP contribution in [-0.2, 0) is 0 Å². The van der Waals surface area contributed by atoms with Gasteiger partial charge in [0.05, 0.1) is 0 Å². The number of hydrogen-bond donors (Lipinski definition) is 1. The zero-order valence-electron chi connectivity index (χ0n) is 8.68. The van der Waals surface area contributed by atoms with E-state index in [0.717, 1.165) is 38.1 Å². The largest absolute Gasteiger partial charge is 0.368 e. The first-order valence-electron chi connectivity index (χ1n) is 5.25. The van der Waals surface area contributed by atoms with E-state index in [1.165, 1.54) is 6.07 Å². The lowest BCUT2D eigenvalue weighted by molar-refractivity contribution is 0.621. The van der Waals surface area contributed by atoms with Crippen LogP contribution in [0.25, 0.3) is 0 Å². The quantitative estimate of drug-likeness (QED) is 0.574. The van der Waals surface area contributed by atoms with Crippen molar-refractivity contribution in [2.75, 3.05) is 17.7 Å². The molecule has 2 nitrogen and oxygen atoms in total. The van der Waals surface area contributed by atoms with Crippen LogP contribution in [0.4, 0.5) is 10.2 Å². The van der Waals surface area contributed by atoms with Crippen LogP contribution in [0.15, 0.2) is 18.3 Å². The van der Waals surface area contributed by atoms with Crippen molar-refractivity contribution in [3.8, 4) is 0 Å². The van der Waals surface area contributed by atoms with E-state index in [4.69, 9.17) is 11.6 Å². The topological polar surface area (TPSA) is 24.9 Å². The number of hydrogen-bond acceptors (Lipinski definition) is 2. The number of rotatable bonds is 7. The Morgan fingerprint density at radius 2 is 2.07 bits per heavy atom. The van der Waals surface area contributed by atoms with Crippen LogP contribution < -0.4 is 5.32 Å². The highest BCUT2D eigenvalue weighted by atomic mass is 35.5. The molecule has 84 valence electrons. The van der Waals surface area contributed by atoms with Crippen LogP contribution in [0.5, 0.6) is 0 Å². The first-order valence-corrected chi connectivity index (χ1v) is 5.78. The van der Waals surface area contributed by atoms with E-state index in [2.05, 4.69) is 10.3 Å². The zero-order valence-corrected chi connectivity index (χ0v) is 9.43. The van der Waals surface area contributed by atoms with Gasteiger partial charge in [-0.2, -0.15) is 0 Å². The lowest BCUT2D eigenvalue weighted by Gasteiger charge is -2.05. The Bertz CT molecular complexity index is 281. The number of anilines is 1. The van der Waals surface area contributed by atoms with Crippen molar-refractivity contribution in [1.82, 2.24) is 4.98 Å². The molecule has 0 unspecified atom stereocenters. The normalized spacial score (nSPS) is 10.3. The molecule has 0 atom stereocenters. The van der Waals surface area contributed by atoms with Crippen LogP contribution in [0.2, 0.25) is 0 Å². The summed E-state index contributed by atoms with van der Waals surface area (Å²) in [7, 11) is 0. The molecule has 1 aromatic rings. The number of nitrogens with one attached hydrogen (secondary N) is 1. The van der Waals surface area contributed by atoms with Gasteiger partial charge < -0.3 is 5.32 Å². The minimum Gasteiger partial charge on any atom is -0.368 e. The van der Waals surface area contributed by atoms with E-state index < -0.39 is 0 Å². The highest BCUT2D eigenvalue weighted by Crippen LogP contribution is 2.09. The first kappa shape index (κ1) is 12.2. The van der Waals surface area contributed by atoms with Crippen molar-refractivity contribution in [1.29, 1.82) is 0 Å². The minimum absolute atomic E-state index is 0.293. The SMILES string of the molecule is Fc1cccnc1NCCCCCCCl. The van der Waals surface area contributed by atoms with Crippen LogP contribution >= 0.6 is 11.6 Å². The summed E-state index contributed by atoms with van der Waals surface area (Å²) < 4.78 is 13.1. The molecule has 1 rings (SSSR count). The Balaban J connectivity index is 2.12. The van der Waals surface area contributed by atoms with Gasteiger partial charge in [-0.05, 0) is 25.0 Å². The summed E-state index contributed by atoms with van der Waals surface area (Å²) in [6, 6.07) is 2.99. The second kappa shape index (κ2) is 7.46. The molecular formula is C11H16ClFN2. The van der Waals surface area contributed by atoms with E-state index in [1.54, 1.807) is 12.3 Å². The molecule has 0 aliphatic carbocycles. The van der Waals surface area contributed by atoms with Gasteiger partial charge in [0.15, 0.2) is 11.6 Å². The molecular weight excluding hydrogens is 215 g/mol. The average Bonchev–Trinajstić information content (AvgIpc) is 2.25. The molecule has 4 heteroatoms. The van der Waals surface area contributed by atoms with Gasteiger partial charge in [-0.3, -0.25) is 0 Å². The second-order valence-electron chi connectivity index (χ2n) is 3.36. The van der Waals surface area contributed by atoms with Crippen LogP contribution in [0.1, 0.15) is 25.7 Å². The lowest BCUT2D eigenvalue weighted by atomic mass is 10.2. The molecule has 1 N–H and O–H groups in total. The Labute approximate surface area is 94.9 Å². The van der Waals surface area contributed by atoms with E-state index in [9.17, 15) is 4.39 Å². The molecule has 0 aliphatic heterocycles. The van der Waals surface area contributed by atoms with Crippen molar-refractivity contribution < 1.29 is 4.39 Å². The van der Waals surface area contributed by atoms with Crippen molar-refractivity contribution in [2.24, 2.45) is 0 Å². The Morgan fingerprint density at radius 3 is 2.80 bits per heavy atom. The average molecular weight is 231 g/mol. The summed E-state index contributed by atoms with van der Waals surface area (Å²) in [6.07, 6.45) is 5.91. The van der Waals surface area contributed by atoms with Gasteiger partial charge in [-0.25, -0.2) is 9.37 Å². The van der Waals surface area contributed by atoms with Crippen molar-refractivity contribution in [3.63, 3.8) is 0 Å². The fraction of sp³-hybridized carbons (Fsp3) is 0.545. The van der Waals surface area contributed by atoms with E-state index in [-0.39, 0.29) is 5.82 Å². The van der Waals surface area contributed by atoms with Gasteiger partial charge in [0.25, 0.3) is 0 Å². The van der Waals surface area contributed by atoms with E-state index in [0.29, 0.717) is 5.82 Å². The molecule has 0 saturated carbocycles. The molecule has 1 aromatic heterocycles. The van der Waals surface area contributed by atoms with E-state index in [1.807, 2.05) is 0 Å². The smallest absolute Gasteiger partial charge is 0.165 e. The molecule has 0 saturated heterocycles. The third-order valence-corrected chi connectivity index (χ3v) is 2.38. The Morgan fingerprint density at radius 1 is 1.27 bits per heavy atom. The molecule has 15 heavy (non-hydrogen) atoms. The number of nitrogens with zero attached hydrogens (tertiary/aromatic N) is 1. The van der Waals surface area contributed by atoms with Gasteiger partial charge in [-0.15, -0.1) is 11.6 Å². The maximum Gasteiger partial charge on any atom is 0.165 e. The second-order valence-corrected chi connectivity index (χ2v) is 3.74. The monoisotopic (exact) mass is 230 g/mol. The van der Waals surface area contributed by atoms with E-state index >= 15 is 0 Å². The maximum absolute atomic E-state index is 13.1. The van der Waals surface area contributed by atoms with Crippen LogP contribution in [0, 0.1) is 5.82 Å². The summed E-state index contributed by atoms with van der Waals surface area (Å²) in [6.45, 7) is 0.760. The molecule has 0 amide bonds. The number of pyridine rings is 1. The molecule has 0 spiro atoms. The predicted octanol–water partition coefficient (Wildman–Crippen LogP) is 3.43. The maximum atomic E-state index is 13.1. The molecule has 0 fully saturated rings. The predicted molar refractivity (Wildman–Crippen MR) is 61.9 cm³/mol. The first-order chi connectivity index (χ1) is 7.34. The zero-order chi connectivity index (χ0) is 10.9. The van der Waals surface area contributed by atoms with Crippen LogP contribution in [0.3, 0.4) is 0 Å². The Kier molecular flexibility index (Phi) is 6.09. The van der Waals surface area contributed by atoms with Gasteiger partial charge in [-0.1, -0.05) is 12.8 Å². The molecule has 0 radical (unpaired) electrons. The standard InChI is InChI=1S/C11H16ClFN2/c12-7-3-1-2-4-8-14-11-10(13)6-5-9-15-11/h5-6,9H,1-4,7-8H2,(H,14,15). The summed E-state index contributed by atoms with van der Waals surface area (Å²) in [5.74, 6) is 0.774. The molecule has 0 aromatic carbocycles. The number of alkyl halides is 1. The van der Waals surface area contributed by atoms with Crippen molar-refractivity contribution >= 4 is 17.4 Å². The molecule has 0 aliphatic rings. The fourth-order valence-electron chi connectivity index (χ4n) is 1.30.